The van der Waals surface area contributed by atoms with Crippen LogP contribution in [0.5, 0.6) is 0 Å². The molecule has 0 saturated heterocycles. The van der Waals surface area contributed by atoms with E-state index in [0.29, 0.717) is 13.0 Å². The first-order valence-electron chi connectivity index (χ1n) is 7.14. The summed E-state index contributed by atoms with van der Waals surface area (Å²) >= 11 is 0. The maximum atomic E-state index is 11.9. The van der Waals surface area contributed by atoms with Crippen molar-refractivity contribution >= 4 is 17.8 Å². The first-order chi connectivity index (χ1) is 9.43. The Morgan fingerprint density at radius 2 is 1.60 bits per heavy atom. The van der Waals surface area contributed by atoms with Crippen molar-refractivity contribution in [1.82, 2.24) is 5.32 Å². The van der Waals surface area contributed by atoms with Gasteiger partial charge in [0.15, 0.2) is 0 Å². The third kappa shape index (κ3) is 6.04. The number of nitrogens with one attached hydrogen (secondary N) is 1. The number of carboxylic acid groups (broad SMARTS) is 2. The average Bonchev–Trinajstić information content (AvgIpc) is 2.34. The molecule has 1 fully saturated rings. The second kappa shape index (κ2) is 7.87. The van der Waals surface area contributed by atoms with Crippen LogP contribution < -0.4 is 5.32 Å². The molecule has 0 unspecified atom stereocenters. The second-order valence-corrected chi connectivity index (χ2v) is 5.66. The summed E-state index contributed by atoms with van der Waals surface area (Å²) in [7, 11) is 0. The van der Waals surface area contributed by atoms with Crippen LogP contribution in [0.15, 0.2) is 0 Å². The van der Waals surface area contributed by atoms with Gasteiger partial charge in [0.2, 0.25) is 5.91 Å². The minimum atomic E-state index is -0.881. The zero-order valence-corrected chi connectivity index (χ0v) is 11.7. The Bertz CT molecular complexity index is 361. The minimum Gasteiger partial charge on any atom is -0.481 e. The number of hydrogen-bond acceptors (Lipinski definition) is 3. The maximum Gasteiger partial charge on any atom is 0.303 e. The van der Waals surface area contributed by atoms with Crippen LogP contribution in [0, 0.1) is 5.41 Å². The van der Waals surface area contributed by atoms with E-state index in [9.17, 15) is 14.4 Å². The molecule has 1 aliphatic carbocycles. The van der Waals surface area contributed by atoms with Gasteiger partial charge in [-0.3, -0.25) is 14.4 Å². The molecule has 1 aliphatic rings. The molecule has 0 spiro atoms. The van der Waals surface area contributed by atoms with E-state index in [0.717, 1.165) is 32.1 Å². The Labute approximate surface area is 118 Å². The summed E-state index contributed by atoms with van der Waals surface area (Å²) < 4.78 is 0. The number of amides is 1. The van der Waals surface area contributed by atoms with E-state index in [4.69, 9.17) is 10.2 Å². The number of hydrogen-bond donors (Lipinski definition) is 3. The van der Waals surface area contributed by atoms with Crippen LogP contribution >= 0.6 is 0 Å². The van der Waals surface area contributed by atoms with Gasteiger partial charge < -0.3 is 15.5 Å². The standard InChI is InChI=1S/C14H23NO5/c16-11(15-8-4-5-12(17)18)9-14(10-13(19)20)6-2-1-3-7-14/h1-10H2,(H,15,16)(H,17,18)(H,19,20). The van der Waals surface area contributed by atoms with E-state index >= 15 is 0 Å². The molecule has 0 atom stereocenters. The normalized spacial score (nSPS) is 17.4. The Morgan fingerprint density at radius 1 is 0.950 bits per heavy atom. The Hall–Kier alpha value is -1.59. The highest BCUT2D eigenvalue weighted by Crippen LogP contribution is 2.42. The molecule has 0 heterocycles. The van der Waals surface area contributed by atoms with Crippen molar-refractivity contribution in [2.24, 2.45) is 5.41 Å². The summed E-state index contributed by atoms with van der Waals surface area (Å²) in [6, 6.07) is 0. The lowest BCUT2D eigenvalue weighted by Crippen LogP contribution is -2.35. The van der Waals surface area contributed by atoms with Gasteiger partial charge >= 0.3 is 11.9 Å². The maximum absolute atomic E-state index is 11.9. The highest BCUT2D eigenvalue weighted by atomic mass is 16.4. The van der Waals surface area contributed by atoms with Crippen molar-refractivity contribution in [3.05, 3.63) is 0 Å². The summed E-state index contributed by atoms with van der Waals surface area (Å²) in [6.45, 7) is 0.328. The van der Waals surface area contributed by atoms with Crippen LogP contribution in [-0.4, -0.2) is 34.6 Å². The predicted octanol–water partition coefficient (Wildman–Crippen LogP) is 1.78. The van der Waals surface area contributed by atoms with Gasteiger partial charge in [-0.2, -0.15) is 0 Å². The Balaban J connectivity index is 2.41. The summed E-state index contributed by atoms with van der Waals surface area (Å²) in [5.41, 5.74) is -0.416. The zero-order valence-electron chi connectivity index (χ0n) is 11.7. The molecule has 0 aromatic carbocycles. The van der Waals surface area contributed by atoms with Gasteiger partial charge in [0.1, 0.15) is 0 Å². The van der Waals surface area contributed by atoms with Gasteiger partial charge in [-0.1, -0.05) is 19.3 Å². The Kier molecular flexibility index (Phi) is 6.48. The predicted molar refractivity (Wildman–Crippen MR) is 72.3 cm³/mol. The molecule has 6 nitrogen and oxygen atoms in total. The van der Waals surface area contributed by atoms with Crippen LogP contribution in [0.2, 0.25) is 0 Å². The van der Waals surface area contributed by atoms with E-state index in [1.165, 1.54) is 0 Å². The molecule has 0 radical (unpaired) electrons. The topological polar surface area (TPSA) is 104 Å². The monoisotopic (exact) mass is 285 g/mol. The molecular formula is C14H23NO5. The average molecular weight is 285 g/mol. The summed E-state index contributed by atoms with van der Waals surface area (Å²) in [5, 5.41) is 20.2. The molecule has 1 rings (SSSR count). The third-order valence-corrected chi connectivity index (χ3v) is 3.87. The lowest BCUT2D eigenvalue weighted by molar-refractivity contribution is -0.141. The number of carbonyl (C=O) groups is 3. The van der Waals surface area contributed by atoms with Crippen molar-refractivity contribution in [3.8, 4) is 0 Å². The highest BCUT2D eigenvalue weighted by molar-refractivity contribution is 5.78. The van der Waals surface area contributed by atoms with E-state index in [1.54, 1.807) is 0 Å². The molecule has 0 bridgehead atoms. The van der Waals surface area contributed by atoms with Crippen molar-refractivity contribution < 1.29 is 24.6 Å². The molecule has 3 N–H and O–H groups in total. The van der Waals surface area contributed by atoms with E-state index < -0.39 is 17.4 Å². The molecule has 1 amide bonds. The van der Waals surface area contributed by atoms with Crippen LogP contribution in [0.4, 0.5) is 0 Å². The lowest BCUT2D eigenvalue weighted by Gasteiger charge is -2.35. The molecule has 1 saturated carbocycles. The van der Waals surface area contributed by atoms with Crippen molar-refractivity contribution in [2.75, 3.05) is 6.54 Å². The second-order valence-electron chi connectivity index (χ2n) is 5.66. The highest BCUT2D eigenvalue weighted by Gasteiger charge is 2.36. The molecule has 0 aliphatic heterocycles. The van der Waals surface area contributed by atoms with Crippen LogP contribution in [0.25, 0.3) is 0 Å². The largest absolute Gasteiger partial charge is 0.481 e. The van der Waals surface area contributed by atoms with Gasteiger partial charge in [-0.05, 0) is 24.7 Å². The number of aliphatic carboxylic acids is 2. The van der Waals surface area contributed by atoms with Crippen molar-refractivity contribution in [1.29, 1.82) is 0 Å². The number of rotatable bonds is 8. The van der Waals surface area contributed by atoms with Gasteiger partial charge in [0.05, 0.1) is 6.42 Å². The fraction of sp³-hybridized carbons (Fsp3) is 0.786. The molecule has 0 aromatic heterocycles. The van der Waals surface area contributed by atoms with Crippen LogP contribution in [0.1, 0.15) is 57.8 Å². The first-order valence-corrected chi connectivity index (χ1v) is 7.14. The Morgan fingerprint density at radius 3 is 2.15 bits per heavy atom. The quantitative estimate of drug-likeness (QED) is 0.590. The van der Waals surface area contributed by atoms with Crippen LogP contribution in [-0.2, 0) is 14.4 Å². The molecular weight excluding hydrogens is 262 g/mol. The number of carboxylic acids is 2. The van der Waals surface area contributed by atoms with Crippen molar-refractivity contribution in [3.63, 3.8) is 0 Å². The van der Waals surface area contributed by atoms with Gasteiger partial charge in [0, 0.05) is 19.4 Å². The van der Waals surface area contributed by atoms with E-state index in [-0.39, 0.29) is 25.2 Å². The molecule has 20 heavy (non-hydrogen) atoms. The van der Waals surface area contributed by atoms with E-state index in [1.807, 2.05) is 0 Å². The van der Waals surface area contributed by atoms with Crippen LogP contribution in [0.3, 0.4) is 0 Å². The summed E-state index contributed by atoms with van der Waals surface area (Å²) in [5.74, 6) is -1.90. The zero-order chi connectivity index (χ0) is 15.0. The minimum absolute atomic E-state index is 0.0283. The summed E-state index contributed by atoms with van der Waals surface area (Å²) in [4.78, 5) is 33.2. The summed E-state index contributed by atoms with van der Waals surface area (Å²) in [6.07, 6.45) is 5.29. The van der Waals surface area contributed by atoms with E-state index in [2.05, 4.69) is 5.32 Å². The first kappa shape index (κ1) is 16.5. The molecule has 0 aromatic rings. The smallest absolute Gasteiger partial charge is 0.303 e. The number of carbonyl (C=O) groups excluding carboxylic acids is 1. The van der Waals surface area contributed by atoms with Gasteiger partial charge in [0.25, 0.3) is 0 Å². The third-order valence-electron chi connectivity index (χ3n) is 3.87. The molecule has 114 valence electrons. The SMILES string of the molecule is O=C(O)CCCNC(=O)CC1(CC(=O)O)CCCCC1. The van der Waals surface area contributed by atoms with Crippen molar-refractivity contribution in [2.45, 2.75) is 57.8 Å². The fourth-order valence-electron chi connectivity index (χ4n) is 2.91. The fourth-order valence-corrected chi connectivity index (χ4v) is 2.91. The lowest BCUT2D eigenvalue weighted by atomic mass is 9.69. The van der Waals surface area contributed by atoms with Gasteiger partial charge in [-0.25, -0.2) is 0 Å². The van der Waals surface area contributed by atoms with Gasteiger partial charge in [-0.15, -0.1) is 0 Å². The molecule has 6 heteroatoms.